The molecule has 0 N–H and O–H groups in total. The van der Waals surface area contributed by atoms with E-state index < -0.39 is 0 Å². The number of azide groups is 1. The fraction of sp³-hybridized carbons (Fsp3) is 0.161. The van der Waals surface area contributed by atoms with E-state index in [-0.39, 0.29) is 0 Å². The molecule has 0 saturated carbocycles. The Hall–Kier alpha value is -13.2. The van der Waals surface area contributed by atoms with E-state index in [0.29, 0.717) is 29.6 Å². The van der Waals surface area contributed by atoms with Crippen LogP contribution in [0.15, 0.2) is 272 Å². The van der Waals surface area contributed by atoms with E-state index in [0.717, 1.165) is 124 Å². The van der Waals surface area contributed by atoms with Crippen LogP contribution >= 0.6 is 0 Å². The summed E-state index contributed by atoms with van der Waals surface area (Å²) in [5.74, 6) is 1.72. The Labute approximate surface area is 630 Å². The van der Waals surface area contributed by atoms with Crippen molar-refractivity contribution in [3.05, 3.63) is 327 Å². The van der Waals surface area contributed by atoms with Gasteiger partial charge in [-0.3, -0.25) is 0 Å². The van der Waals surface area contributed by atoms with Crippen LogP contribution in [-0.2, 0) is 0 Å². The summed E-state index contributed by atoms with van der Waals surface area (Å²) in [6.07, 6.45) is 8.71. The second kappa shape index (κ2) is 30.8. The maximum Gasteiger partial charge on any atom is 0.122 e. The molecule has 0 fully saturated rings. The van der Waals surface area contributed by atoms with E-state index in [4.69, 9.17) is 46.8 Å². The molecular weight excluding hydrogens is 1330 g/mol. The molecule has 3 aliphatic carbocycles. The minimum absolute atomic E-state index is 0.330. The van der Waals surface area contributed by atoms with Crippen molar-refractivity contribution in [1.29, 1.82) is 0 Å². The Morgan fingerprint density at radius 3 is 0.713 bits per heavy atom. The van der Waals surface area contributed by atoms with Crippen molar-refractivity contribution < 1.29 is 0 Å². The molecule has 0 unspecified atom stereocenters. The van der Waals surface area contributed by atoms with Gasteiger partial charge in [0, 0.05) is 55.1 Å². The first-order valence-electron chi connectivity index (χ1n) is 37.0. The van der Waals surface area contributed by atoms with Gasteiger partial charge in [0.1, 0.15) is 45.6 Å². The first-order valence-corrected chi connectivity index (χ1v) is 37.0. The lowest BCUT2D eigenvalue weighted by Crippen LogP contribution is -2.08. The van der Waals surface area contributed by atoms with E-state index in [9.17, 15) is 0 Å². The van der Waals surface area contributed by atoms with Crippen molar-refractivity contribution in [2.75, 3.05) is 0 Å². The van der Waals surface area contributed by atoms with Crippen LogP contribution in [0.3, 0.4) is 0 Å². The zero-order chi connectivity index (χ0) is 74.5. The van der Waals surface area contributed by atoms with E-state index >= 15 is 0 Å². The lowest BCUT2D eigenvalue weighted by Gasteiger charge is -2.21. The van der Waals surface area contributed by atoms with Gasteiger partial charge in [0.2, 0.25) is 0 Å². The van der Waals surface area contributed by atoms with Crippen LogP contribution in [0.5, 0.6) is 0 Å². The highest BCUT2D eigenvalue weighted by atomic mass is 15.5. The van der Waals surface area contributed by atoms with Gasteiger partial charge < -0.3 is 0 Å². The second-order valence-electron chi connectivity index (χ2n) is 28.7. The number of rotatable bonds is 10. The third kappa shape index (κ3) is 13.5. The summed E-state index contributed by atoms with van der Waals surface area (Å²) >= 11 is 0. The summed E-state index contributed by atoms with van der Waals surface area (Å²) in [6, 6.07) is 92.0. The number of aromatic nitrogens is 12. The van der Waals surface area contributed by atoms with Crippen LogP contribution in [-0.4, -0.2) is 60.0 Å². The fourth-order valence-corrected chi connectivity index (χ4v) is 14.9. The molecule has 0 spiro atoms. The molecule has 0 aliphatic heterocycles. The predicted octanol–water partition coefficient (Wildman–Crippen LogP) is 24.2. The zero-order valence-corrected chi connectivity index (χ0v) is 62.3. The van der Waals surface area contributed by atoms with Crippen LogP contribution in [0.25, 0.3) is 148 Å². The third-order valence-corrected chi connectivity index (χ3v) is 20.2. The molecule has 0 saturated heterocycles. The van der Waals surface area contributed by atoms with Crippen LogP contribution in [0, 0.1) is 0 Å². The summed E-state index contributed by atoms with van der Waals surface area (Å²) in [4.78, 5) is 2.77. The van der Waals surface area contributed by atoms with Crippen molar-refractivity contribution in [2.45, 2.75) is 98.8 Å². The summed E-state index contributed by atoms with van der Waals surface area (Å²) in [7, 11) is 0. The standard InChI is InChI=1S/2C34H30N6.C16H12.C9H11N3/c1-21(2)23-13-9-11-19-29(23)39-33-27-17-7-5-15-25(27)32-34(28-18-8-6-16-26(28)31(33)35-37-39)40(38-36-32)30-20-12-10-14-24(30)22(3)4;1-21(2)23-13-9-11-19-29(23)39-33-27-17-7-8-18-28(27)34-32(26-16-6-5-15-25(26)31(33)35-37-39)36-38-40(34)30-20-12-10-14-24(30)22(3)4;1-2-6-14-11-12-16-8-4-3-7-15(16)10-9-13(14)5-1;1-7(2)8-5-3-4-6-9(8)11-12-10/h2*5-22H,1-4H3;1-12H;3-7H,1-2H3/b;;10-9-,12-11?,13-9?,14-11?,15-10?,16-12?;. The molecule has 15 heteroatoms. The normalized spacial score (nSPS) is 12.1. The molecule has 4 aromatic heterocycles. The van der Waals surface area contributed by atoms with E-state index in [1.165, 1.54) is 44.5 Å². The smallest absolute Gasteiger partial charge is 0.122 e. The van der Waals surface area contributed by atoms with Crippen LogP contribution < -0.4 is 0 Å². The van der Waals surface area contributed by atoms with E-state index in [1.54, 1.807) is 0 Å². The maximum atomic E-state index is 8.28. The lowest BCUT2D eigenvalue weighted by atomic mass is 9.89. The van der Waals surface area contributed by atoms with Crippen molar-refractivity contribution in [2.24, 2.45) is 5.11 Å². The maximum absolute atomic E-state index is 8.28. The molecule has 0 amide bonds. The second-order valence-corrected chi connectivity index (χ2v) is 28.7. The first kappa shape index (κ1) is 70.4. The minimum Gasteiger partial charge on any atom is -0.212 e. The predicted molar refractivity (Wildman–Crippen MR) is 440 cm³/mol. The van der Waals surface area contributed by atoms with Crippen molar-refractivity contribution in [1.82, 2.24) is 60.0 Å². The Balaban J connectivity index is 0.000000128. The van der Waals surface area contributed by atoms with Gasteiger partial charge in [0.25, 0.3) is 0 Å². The highest BCUT2D eigenvalue weighted by Gasteiger charge is 2.34. The minimum atomic E-state index is 0.330. The number of fused-ring (bicyclic) bond motifs is 18. The third-order valence-electron chi connectivity index (χ3n) is 20.2. The Morgan fingerprint density at radius 1 is 0.250 bits per heavy atom. The molecule has 530 valence electrons. The van der Waals surface area contributed by atoms with Gasteiger partial charge >= 0.3 is 0 Å². The largest absolute Gasteiger partial charge is 0.212 e. The average Bonchev–Trinajstić information content (AvgIpc) is 1.55. The number of hydrogen-bond donors (Lipinski definition) is 0. The van der Waals surface area contributed by atoms with Gasteiger partial charge in [-0.1, -0.05) is 362 Å². The summed E-state index contributed by atoms with van der Waals surface area (Å²) < 4.78 is 8.04. The quantitative estimate of drug-likeness (QED) is 0.0739. The van der Waals surface area contributed by atoms with Gasteiger partial charge in [0.05, 0.1) is 22.7 Å². The molecule has 0 bridgehead atoms. The zero-order valence-electron chi connectivity index (χ0n) is 62.3. The van der Waals surface area contributed by atoms with Crippen LogP contribution in [0.4, 0.5) is 5.69 Å². The van der Waals surface area contributed by atoms with Gasteiger partial charge in [0.15, 0.2) is 0 Å². The molecule has 4 heterocycles. The first-order chi connectivity index (χ1) is 52.8. The SMILES string of the molecule is C1=Cc2ccccc2/C=C\c2ccccc21.CC(C)c1ccccc1-n1nnc2c1-c1ccccc1-c1c(nnn1-c1ccccc1C(C)C)-c1ccccc1-2.CC(C)c1ccccc1-n1nnc2c1-c1ccccc1-c1nnn(-c3ccccc3C(C)C)c1-c1ccccc1-2.CC(C)c1ccccc1N=[N+]=[N-]. The topological polar surface area (TPSA) is 172 Å². The highest BCUT2D eigenvalue weighted by Crippen LogP contribution is 2.50. The summed E-state index contributed by atoms with van der Waals surface area (Å²) in [5, 5.41) is 42.0. The molecule has 0 radical (unpaired) electrons. The Morgan fingerprint density at radius 2 is 0.454 bits per heavy atom. The van der Waals surface area contributed by atoms with Crippen LogP contribution in [0.2, 0.25) is 0 Å². The summed E-state index contributed by atoms with van der Waals surface area (Å²) in [5.41, 5.74) is 39.6. The molecule has 3 aliphatic rings. The molecule has 15 nitrogen and oxygen atoms in total. The number of benzene rings is 11. The van der Waals surface area contributed by atoms with Crippen molar-refractivity contribution in [3.8, 4) is 113 Å². The number of hydrogen-bond acceptors (Lipinski definition) is 9. The van der Waals surface area contributed by atoms with Crippen LogP contribution in [0.1, 0.15) is 149 Å². The fourth-order valence-electron chi connectivity index (χ4n) is 14.9. The summed E-state index contributed by atoms with van der Waals surface area (Å²) in [6.45, 7) is 21.8. The van der Waals surface area contributed by atoms with Crippen molar-refractivity contribution >= 4 is 30.0 Å². The number of nitrogens with zero attached hydrogens (tertiary/aromatic N) is 15. The van der Waals surface area contributed by atoms with Gasteiger partial charge in [-0.2, -0.15) is 0 Å². The molecule has 15 aromatic rings. The molecule has 11 aromatic carbocycles. The van der Waals surface area contributed by atoms with Gasteiger partial charge in [-0.15, -0.1) is 20.4 Å². The molecule has 108 heavy (non-hydrogen) atoms. The monoisotopic (exact) mass is 1410 g/mol. The Kier molecular flexibility index (Phi) is 20.1. The van der Waals surface area contributed by atoms with Crippen molar-refractivity contribution in [3.63, 3.8) is 0 Å². The average molecular weight is 1410 g/mol. The molecular formula is C93H83N15. The highest BCUT2D eigenvalue weighted by molar-refractivity contribution is 6.01. The molecule has 0 atom stereocenters. The number of para-hydroxylation sites is 4. The molecule has 18 rings (SSSR count). The van der Waals surface area contributed by atoms with E-state index in [2.05, 4.69) is 346 Å². The Bertz CT molecular complexity index is 5550. The lowest BCUT2D eigenvalue weighted by molar-refractivity contribution is 0.772. The van der Waals surface area contributed by atoms with Gasteiger partial charge in [-0.05, 0) is 109 Å². The van der Waals surface area contributed by atoms with Gasteiger partial charge in [-0.25, -0.2) is 18.7 Å². The van der Waals surface area contributed by atoms with E-state index in [1.807, 2.05) is 43.0 Å².